The number of rotatable bonds is 4. The normalized spacial score (nSPS) is 17.9. The fraction of sp³-hybridized carbons (Fsp3) is 0.500. The van der Waals surface area contributed by atoms with E-state index in [1.54, 1.807) is 0 Å². The second-order valence-electron chi connectivity index (χ2n) is 4.54. The maximum absolute atomic E-state index is 11.4. The molecule has 0 radical (unpaired) electrons. The number of hydrogen-bond donors (Lipinski definition) is 2. The summed E-state index contributed by atoms with van der Waals surface area (Å²) >= 11 is 0. The van der Waals surface area contributed by atoms with Gasteiger partial charge in [-0.3, -0.25) is 0 Å². The van der Waals surface area contributed by atoms with Crippen molar-refractivity contribution < 1.29 is 9.53 Å². The van der Waals surface area contributed by atoms with Crippen LogP contribution in [0.1, 0.15) is 24.5 Å². The van der Waals surface area contributed by atoms with Crippen LogP contribution in [0.4, 0.5) is 4.79 Å². The third-order valence-electron chi connectivity index (χ3n) is 3.07. The van der Waals surface area contributed by atoms with Crippen LogP contribution in [0.2, 0.25) is 0 Å². The molecule has 0 spiro atoms. The van der Waals surface area contributed by atoms with Gasteiger partial charge in [-0.25, -0.2) is 4.79 Å². The molecule has 1 aromatic rings. The highest BCUT2D eigenvalue weighted by atomic mass is 16.5. The lowest BCUT2D eigenvalue weighted by molar-refractivity contribution is 0.0305. The van der Waals surface area contributed by atoms with Crippen molar-refractivity contribution in [3.63, 3.8) is 0 Å². The Morgan fingerprint density at radius 3 is 2.89 bits per heavy atom. The Labute approximate surface area is 108 Å². The lowest BCUT2D eigenvalue weighted by Gasteiger charge is -2.25. The summed E-state index contributed by atoms with van der Waals surface area (Å²) in [5, 5.41) is 5.63. The number of amides is 2. The summed E-state index contributed by atoms with van der Waals surface area (Å²) in [7, 11) is 0. The minimum Gasteiger partial charge on any atom is -0.371 e. The zero-order valence-electron chi connectivity index (χ0n) is 10.7. The van der Waals surface area contributed by atoms with Crippen molar-refractivity contribution in [2.24, 2.45) is 0 Å². The van der Waals surface area contributed by atoms with Gasteiger partial charge >= 0.3 is 6.03 Å². The van der Waals surface area contributed by atoms with Crippen molar-refractivity contribution in [3.05, 3.63) is 35.4 Å². The standard InChI is InChI=1S/C14H20N2O2/c1-2-7-15-14(17)16-9-13-8-11-5-3-4-6-12(11)10-18-13/h3-6,13H,2,7-10H2,1H3,(H2,15,16,17). The van der Waals surface area contributed by atoms with Crippen LogP contribution in [-0.2, 0) is 17.8 Å². The van der Waals surface area contributed by atoms with Crippen molar-refractivity contribution in [1.29, 1.82) is 0 Å². The van der Waals surface area contributed by atoms with Gasteiger partial charge in [0.05, 0.1) is 12.7 Å². The molecule has 0 aromatic heterocycles. The molecule has 4 nitrogen and oxygen atoms in total. The SMILES string of the molecule is CCCNC(=O)NCC1Cc2ccccc2CO1. The van der Waals surface area contributed by atoms with Crippen LogP contribution in [-0.4, -0.2) is 25.2 Å². The predicted octanol–water partition coefficient (Wildman–Crippen LogP) is 1.84. The molecule has 2 amide bonds. The topological polar surface area (TPSA) is 50.4 Å². The van der Waals surface area contributed by atoms with Crippen molar-refractivity contribution in [3.8, 4) is 0 Å². The first-order valence-electron chi connectivity index (χ1n) is 6.49. The minimum atomic E-state index is -0.112. The molecule has 1 aromatic carbocycles. The van der Waals surface area contributed by atoms with E-state index in [1.807, 2.05) is 19.1 Å². The van der Waals surface area contributed by atoms with Crippen LogP contribution < -0.4 is 10.6 Å². The molecule has 0 bridgehead atoms. The number of nitrogens with one attached hydrogen (secondary N) is 2. The lowest BCUT2D eigenvalue weighted by atomic mass is 9.99. The van der Waals surface area contributed by atoms with E-state index >= 15 is 0 Å². The van der Waals surface area contributed by atoms with E-state index in [0.29, 0.717) is 19.7 Å². The molecule has 0 saturated heterocycles. The first kappa shape index (κ1) is 12.9. The molecular formula is C14H20N2O2. The van der Waals surface area contributed by atoms with E-state index in [-0.39, 0.29) is 12.1 Å². The van der Waals surface area contributed by atoms with Gasteiger partial charge in [-0.2, -0.15) is 0 Å². The van der Waals surface area contributed by atoms with E-state index in [4.69, 9.17) is 4.74 Å². The Kier molecular flexibility index (Phi) is 4.59. The Morgan fingerprint density at radius 2 is 2.11 bits per heavy atom. The monoisotopic (exact) mass is 248 g/mol. The molecule has 1 heterocycles. The summed E-state index contributed by atoms with van der Waals surface area (Å²) in [5.41, 5.74) is 2.58. The van der Waals surface area contributed by atoms with Crippen molar-refractivity contribution >= 4 is 6.03 Å². The number of benzene rings is 1. The first-order chi connectivity index (χ1) is 8.79. The first-order valence-corrected chi connectivity index (χ1v) is 6.49. The van der Waals surface area contributed by atoms with E-state index in [2.05, 4.69) is 22.8 Å². The van der Waals surface area contributed by atoms with Gasteiger partial charge in [0, 0.05) is 19.5 Å². The molecule has 2 N–H and O–H groups in total. The highest BCUT2D eigenvalue weighted by Crippen LogP contribution is 2.19. The molecule has 1 aliphatic rings. The third-order valence-corrected chi connectivity index (χ3v) is 3.07. The molecular weight excluding hydrogens is 228 g/mol. The number of carbonyl (C=O) groups excluding carboxylic acids is 1. The second-order valence-corrected chi connectivity index (χ2v) is 4.54. The average Bonchev–Trinajstić information content (AvgIpc) is 2.42. The number of fused-ring (bicyclic) bond motifs is 1. The van der Waals surface area contributed by atoms with E-state index in [0.717, 1.165) is 12.8 Å². The molecule has 4 heteroatoms. The molecule has 2 rings (SSSR count). The number of urea groups is 1. The zero-order chi connectivity index (χ0) is 12.8. The Hall–Kier alpha value is -1.55. The average molecular weight is 248 g/mol. The van der Waals surface area contributed by atoms with Gasteiger partial charge in [0.15, 0.2) is 0 Å². The van der Waals surface area contributed by atoms with Crippen molar-refractivity contribution in [2.75, 3.05) is 13.1 Å². The molecule has 0 fully saturated rings. The van der Waals surface area contributed by atoms with E-state index < -0.39 is 0 Å². The maximum atomic E-state index is 11.4. The van der Waals surface area contributed by atoms with Crippen LogP contribution in [0.25, 0.3) is 0 Å². The molecule has 0 saturated carbocycles. The summed E-state index contributed by atoms with van der Waals surface area (Å²) in [6.45, 7) is 3.94. The highest BCUT2D eigenvalue weighted by molar-refractivity contribution is 5.73. The van der Waals surface area contributed by atoms with Crippen LogP contribution in [0.15, 0.2) is 24.3 Å². The Balaban J connectivity index is 1.78. The minimum absolute atomic E-state index is 0.0762. The molecule has 1 atom stereocenters. The van der Waals surface area contributed by atoms with Crippen LogP contribution >= 0.6 is 0 Å². The molecule has 1 aliphatic heterocycles. The Bertz CT molecular complexity index is 407. The highest BCUT2D eigenvalue weighted by Gasteiger charge is 2.18. The van der Waals surface area contributed by atoms with Crippen LogP contribution in [0, 0.1) is 0 Å². The van der Waals surface area contributed by atoms with E-state index in [9.17, 15) is 4.79 Å². The van der Waals surface area contributed by atoms with Crippen molar-refractivity contribution in [2.45, 2.75) is 32.5 Å². The van der Waals surface area contributed by atoms with Gasteiger partial charge in [-0.05, 0) is 17.5 Å². The molecule has 98 valence electrons. The van der Waals surface area contributed by atoms with Gasteiger partial charge < -0.3 is 15.4 Å². The summed E-state index contributed by atoms with van der Waals surface area (Å²) in [5.74, 6) is 0. The van der Waals surface area contributed by atoms with Crippen molar-refractivity contribution in [1.82, 2.24) is 10.6 Å². The van der Waals surface area contributed by atoms with Crippen LogP contribution in [0.5, 0.6) is 0 Å². The second kappa shape index (κ2) is 6.40. The predicted molar refractivity (Wildman–Crippen MR) is 70.4 cm³/mol. The van der Waals surface area contributed by atoms with Gasteiger partial charge in [-0.1, -0.05) is 31.2 Å². The lowest BCUT2D eigenvalue weighted by Crippen LogP contribution is -2.42. The van der Waals surface area contributed by atoms with Gasteiger partial charge in [0.2, 0.25) is 0 Å². The number of hydrogen-bond acceptors (Lipinski definition) is 2. The Morgan fingerprint density at radius 1 is 1.33 bits per heavy atom. The molecule has 18 heavy (non-hydrogen) atoms. The zero-order valence-corrected chi connectivity index (χ0v) is 10.7. The molecule has 1 unspecified atom stereocenters. The summed E-state index contributed by atoms with van der Waals surface area (Å²) < 4.78 is 5.72. The number of carbonyl (C=O) groups is 1. The van der Waals surface area contributed by atoms with Crippen LogP contribution in [0.3, 0.4) is 0 Å². The third kappa shape index (κ3) is 3.47. The van der Waals surface area contributed by atoms with Gasteiger partial charge in [0.25, 0.3) is 0 Å². The summed E-state index contributed by atoms with van der Waals surface area (Å²) in [6, 6.07) is 8.18. The van der Waals surface area contributed by atoms with Gasteiger partial charge in [0.1, 0.15) is 0 Å². The maximum Gasteiger partial charge on any atom is 0.314 e. The quantitative estimate of drug-likeness (QED) is 0.854. The summed E-state index contributed by atoms with van der Waals surface area (Å²) in [4.78, 5) is 11.4. The smallest absolute Gasteiger partial charge is 0.314 e. The fourth-order valence-electron chi connectivity index (χ4n) is 2.05. The van der Waals surface area contributed by atoms with E-state index in [1.165, 1.54) is 11.1 Å². The fourth-order valence-corrected chi connectivity index (χ4v) is 2.05. The molecule has 0 aliphatic carbocycles. The largest absolute Gasteiger partial charge is 0.371 e. The van der Waals surface area contributed by atoms with Gasteiger partial charge in [-0.15, -0.1) is 0 Å². The number of ether oxygens (including phenoxy) is 1. The summed E-state index contributed by atoms with van der Waals surface area (Å²) in [6.07, 6.45) is 1.89.